The number of nitrogens with one attached hydrogen (secondary N) is 1. The monoisotopic (exact) mass is 462 g/mol. The minimum Gasteiger partial charge on any atom is -0.505 e. The molecule has 1 atom stereocenters. The Morgan fingerprint density at radius 3 is 2.32 bits per heavy atom. The van der Waals surface area contributed by atoms with Crippen molar-refractivity contribution >= 4 is 35.1 Å². The molecule has 2 heterocycles. The lowest BCUT2D eigenvalue weighted by Crippen LogP contribution is -2.42. The second-order valence-corrected chi connectivity index (χ2v) is 7.39. The van der Waals surface area contributed by atoms with Gasteiger partial charge in [0.05, 0.1) is 27.4 Å². The van der Waals surface area contributed by atoms with Gasteiger partial charge in [0, 0.05) is 25.9 Å². The van der Waals surface area contributed by atoms with Gasteiger partial charge < -0.3 is 15.5 Å². The number of nitrogens with zero attached hydrogens (tertiary/aromatic N) is 3. The molecule has 0 fully saturated rings. The zero-order chi connectivity index (χ0) is 22.7. The van der Waals surface area contributed by atoms with E-state index in [4.69, 9.17) is 23.2 Å². The van der Waals surface area contributed by atoms with Gasteiger partial charge in [0.15, 0.2) is 0 Å². The average Bonchev–Trinajstić information content (AvgIpc) is 2.71. The molecule has 160 valence electrons. The summed E-state index contributed by atoms with van der Waals surface area (Å²) in [5, 5.41) is 25.6. The Labute approximate surface area is 185 Å². The third kappa shape index (κ3) is 4.84. The molecule has 3 aromatic rings. The highest BCUT2D eigenvalue weighted by Gasteiger charge is 2.24. The van der Waals surface area contributed by atoms with Gasteiger partial charge in [-0.05, 0) is 11.1 Å². The summed E-state index contributed by atoms with van der Waals surface area (Å²) in [6.07, 6.45) is 3.59. The summed E-state index contributed by atoms with van der Waals surface area (Å²) in [5.74, 6) is -2.26. The molecule has 31 heavy (non-hydrogen) atoms. The predicted octanol–water partition coefficient (Wildman–Crippen LogP) is 2.28. The lowest BCUT2D eigenvalue weighted by molar-refractivity contribution is -0.139. The van der Waals surface area contributed by atoms with E-state index in [2.05, 4.69) is 15.4 Å². The normalized spacial score (nSPS) is 11.7. The van der Waals surface area contributed by atoms with Gasteiger partial charge in [-0.25, -0.2) is 9.48 Å². The molecule has 0 saturated heterocycles. The number of hydrogen-bond acceptors (Lipinski definition) is 6. The first-order valence-electron chi connectivity index (χ1n) is 8.86. The third-order valence-corrected chi connectivity index (χ3v) is 5.06. The van der Waals surface area contributed by atoms with Crippen LogP contribution in [0.1, 0.15) is 15.9 Å². The largest absolute Gasteiger partial charge is 0.505 e. The van der Waals surface area contributed by atoms with E-state index in [1.807, 2.05) is 0 Å². The van der Waals surface area contributed by atoms with Gasteiger partial charge in [0.25, 0.3) is 11.5 Å². The van der Waals surface area contributed by atoms with Crippen molar-refractivity contribution < 1.29 is 19.8 Å². The Balaban J connectivity index is 1.82. The first-order chi connectivity index (χ1) is 14.7. The number of hydrogen-bond donors (Lipinski definition) is 3. The number of rotatable bonds is 6. The van der Waals surface area contributed by atoms with E-state index in [0.717, 1.165) is 10.9 Å². The number of aromatic hydroxyl groups is 1. The number of carboxylic acids is 1. The number of aliphatic carboxylic acids is 1. The molecule has 0 aliphatic carbocycles. The van der Waals surface area contributed by atoms with Gasteiger partial charge >= 0.3 is 5.97 Å². The number of pyridine rings is 1. The number of carbonyl (C=O) groups excluding carboxylic acids is 1. The van der Waals surface area contributed by atoms with E-state index in [1.54, 1.807) is 24.3 Å². The summed E-state index contributed by atoms with van der Waals surface area (Å²) in [5.41, 5.74) is 0.553. The van der Waals surface area contributed by atoms with Crippen LogP contribution in [0.2, 0.25) is 10.0 Å². The van der Waals surface area contributed by atoms with E-state index < -0.39 is 23.5 Å². The van der Waals surface area contributed by atoms with E-state index >= 15 is 0 Å². The maximum absolute atomic E-state index is 12.5. The first kappa shape index (κ1) is 22.3. The summed E-state index contributed by atoms with van der Waals surface area (Å²) >= 11 is 11.9. The highest BCUT2D eigenvalue weighted by Crippen LogP contribution is 2.25. The van der Waals surface area contributed by atoms with E-state index in [1.165, 1.54) is 19.4 Å². The van der Waals surface area contributed by atoms with Crippen LogP contribution >= 0.6 is 23.2 Å². The van der Waals surface area contributed by atoms with Crippen molar-refractivity contribution in [3.8, 4) is 16.9 Å². The predicted molar refractivity (Wildman–Crippen MR) is 113 cm³/mol. The fraction of sp³-hybridized carbons (Fsp3) is 0.150. The van der Waals surface area contributed by atoms with Crippen LogP contribution in [0.3, 0.4) is 0 Å². The minimum absolute atomic E-state index is 0.00256. The summed E-state index contributed by atoms with van der Waals surface area (Å²) in [6, 6.07) is 5.08. The summed E-state index contributed by atoms with van der Waals surface area (Å²) in [7, 11) is 1.46. The van der Waals surface area contributed by atoms with Gasteiger partial charge in [-0.15, -0.1) is 0 Å². The van der Waals surface area contributed by atoms with E-state index in [9.17, 15) is 24.6 Å². The second-order valence-electron chi connectivity index (χ2n) is 6.58. The highest BCUT2D eigenvalue weighted by molar-refractivity contribution is 6.39. The smallest absolute Gasteiger partial charge is 0.326 e. The van der Waals surface area contributed by atoms with Crippen molar-refractivity contribution in [3.63, 3.8) is 0 Å². The molecule has 1 aromatic carbocycles. The molecule has 2 aromatic heterocycles. The molecule has 0 spiro atoms. The van der Waals surface area contributed by atoms with Gasteiger partial charge in [-0.3, -0.25) is 14.6 Å². The quantitative estimate of drug-likeness (QED) is 0.511. The van der Waals surface area contributed by atoms with Crippen LogP contribution in [0.15, 0.2) is 47.7 Å². The maximum atomic E-state index is 12.5. The van der Waals surface area contributed by atoms with Crippen LogP contribution in [-0.4, -0.2) is 42.9 Å². The Hall–Kier alpha value is -3.43. The highest BCUT2D eigenvalue weighted by atomic mass is 35.5. The lowest BCUT2D eigenvalue weighted by Gasteiger charge is -2.16. The number of aromatic nitrogens is 3. The molecular formula is C20H16Cl2N4O5. The third-order valence-electron chi connectivity index (χ3n) is 4.48. The number of amides is 1. The first-order valence-corrected chi connectivity index (χ1v) is 9.62. The summed E-state index contributed by atoms with van der Waals surface area (Å²) in [6.45, 7) is 0. The van der Waals surface area contributed by atoms with Gasteiger partial charge in [-0.2, -0.15) is 5.10 Å². The van der Waals surface area contributed by atoms with E-state index in [-0.39, 0.29) is 33.3 Å². The van der Waals surface area contributed by atoms with Crippen molar-refractivity contribution in [2.75, 3.05) is 0 Å². The zero-order valence-corrected chi connectivity index (χ0v) is 17.6. The minimum atomic E-state index is -1.26. The lowest BCUT2D eigenvalue weighted by atomic mass is 10.0. The fourth-order valence-corrected chi connectivity index (χ4v) is 3.44. The zero-order valence-electron chi connectivity index (χ0n) is 16.0. The van der Waals surface area contributed by atoms with Crippen LogP contribution in [0.5, 0.6) is 5.75 Å². The Morgan fingerprint density at radius 1 is 1.13 bits per heavy atom. The van der Waals surface area contributed by atoms with Crippen molar-refractivity contribution in [2.24, 2.45) is 7.05 Å². The van der Waals surface area contributed by atoms with Crippen LogP contribution in [0.4, 0.5) is 0 Å². The van der Waals surface area contributed by atoms with Crippen LogP contribution in [0.25, 0.3) is 11.1 Å². The Morgan fingerprint density at radius 2 is 1.74 bits per heavy atom. The summed E-state index contributed by atoms with van der Waals surface area (Å²) < 4.78 is 1.09. The number of carbonyl (C=O) groups is 2. The van der Waals surface area contributed by atoms with Gasteiger partial charge in [0.2, 0.25) is 0 Å². The Kier molecular flexibility index (Phi) is 6.57. The molecule has 0 aliphatic heterocycles. The topological polar surface area (TPSA) is 134 Å². The number of halogens is 2. The van der Waals surface area contributed by atoms with Crippen molar-refractivity contribution in [2.45, 2.75) is 12.5 Å². The fourth-order valence-electron chi connectivity index (χ4n) is 2.90. The maximum Gasteiger partial charge on any atom is 0.326 e. The molecule has 9 nitrogen and oxygen atoms in total. The molecule has 0 radical (unpaired) electrons. The van der Waals surface area contributed by atoms with E-state index in [0.29, 0.717) is 11.1 Å². The molecule has 11 heteroatoms. The molecule has 1 amide bonds. The number of benzene rings is 1. The Bertz CT molecular complexity index is 1190. The van der Waals surface area contributed by atoms with Gasteiger partial charge in [-0.1, -0.05) is 47.5 Å². The molecular weight excluding hydrogens is 447 g/mol. The van der Waals surface area contributed by atoms with Crippen molar-refractivity contribution in [1.82, 2.24) is 20.1 Å². The van der Waals surface area contributed by atoms with Crippen LogP contribution < -0.4 is 10.9 Å². The second kappa shape index (κ2) is 9.15. The average molecular weight is 463 g/mol. The van der Waals surface area contributed by atoms with Crippen LogP contribution in [-0.2, 0) is 18.3 Å². The standard InChI is InChI=1S/C20H16Cl2N4O5/c1-26-19(29)16(15(27)9-24-26)11-4-2-10(3-5-11)6-14(20(30)31)25-18(28)17-12(21)7-23-8-13(17)22/h2-5,7-9,14,27H,6H2,1H3,(H,25,28)(H,30,31)/t14-/m0/s1. The number of carboxylic acid groups (broad SMARTS) is 1. The number of aryl methyl sites for hydroxylation is 1. The van der Waals surface area contributed by atoms with Crippen LogP contribution in [0, 0.1) is 0 Å². The molecule has 3 N–H and O–H groups in total. The van der Waals surface area contributed by atoms with Gasteiger partial charge in [0.1, 0.15) is 11.8 Å². The van der Waals surface area contributed by atoms with Crippen molar-refractivity contribution in [1.29, 1.82) is 0 Å². The molecule has 0 unspecified atom stereocenters. The van der Waals surface area contributed by atoms with Crippen molar-refractivity contribution in [3.05, 3.63) is 74.4 Å². The molecule has 3 rings (SSSR count). The SMILES string of the molecule is Cn1ncc(O)c(-c2ccc(C[C@H](NC(=O)c3c(Cl)cncc3Cl)C(=O)O)cc2)c1=O. The molecule has 0 bridgehead atoms. The molecule has 0 aliphatic rings. The molecule has 0 saturated carbocycles. The summed E-state index contributed by atoms with van der Waals surface area (Å²) in [4.78, 5) is 40.2.